The largest absolute Gasteiger partial charge is 0.496 e. The molecule has 1 aromatic rings. The fourth-order valence-corrected chi connectivity index (χ4v) is 1.63. The zero-order valence-corrected chi connectivity index (χ0v) is 10.0. The summed E-state index contributed by atoms with van der Waals surface area (Å²) < 4.78 is 6.31. The van der Waals surface area contributed by atoms with Crippen molar-refractivity contribution in [3.8, 4) is 5.75 Å². The van der Waals surface area contributed by atoms with Gasteiger partial charge >= 0.3 is 0 Å². The van der Waals surface area contributed by atoms with Gasteiger partial charge in [-0.15, -0.1) is 0 Å². The predicted molar refractivity (Wildman–Crippen MR) is 61.2 cm³/mol. The van der Waals surface area contributed by atoms with Crippen molar-refractivity contribution >= 4 is 15.9 Å². The number of nitrogens with zero attached hydrogens (tertiary/aromatic N) is 1. The molecule has 0 spiro atoms. The molecule has 1 rings (SSSR count). The molecule has 0 aliphatic carbocycles. The van der Waals surface area contributed by atoms with Gasteiger partial charge in [0, 0.05) is 23.2 Å². The van der Waals surface area contributed by atoms with Gasteiger partial charge in [0.05, 0.1) is 7.11 Å². The minimum absolute atomic E-state index is 0.537. The van der Waals surface area contributed by atoms with Crippen LogP contribution in [0.5, 0.6) is 5.75 Å². The maximum Gasteiger partial charge on any atom is 0.123 e. The van der Waals surface area contributed by atoms with Gasteiger partial charge in [0.1, 0.15) is 5.75 Å². The summed E-state index contributed by atoms with van der Waals surface area (Å²) in [5.41, 5.74) is 6.66. The van der Waals surface area contributed by atoms with Crippen molar-refractivity contribution in [2.45, 2.75) is 6.54 Å². The normalized spacial score (nSPS) is 10.6. The summed E-state index contributed by atoms with van der Waals surface area (Å²) in [4.78, 5) is 2.02. The monoisotopic (exact) mass is 258 g/mol. The third kappa shape index (κ3) is 2.97. The van der Waals surface area contributed by atoms with Crippen molar-refractivity contribution in [1.82, 2.24) is 4.90 Å². The van der Waals surface area contributed by atoms with Gasteiger partial charge in [-0.3, -0.25) is 4.90 Å². The lowest BCUT2D eigenvalue weighted by molar-refractivity contribution is 0.326. The summed E-state index contributed by atoms with van der Waals surface area (Å²) in [6.07, 6.45) is 0. The summed E-state index contributed by atoms with van der Waals surface area (Å²) in [5, 5.41) is 0. The second kappa shape index (κ2) is 5.34. The van der Waals surface area contributed by atoms with Gasteiger partial charge in [-0.25, -0.2) is 0 Å². The van der Waals surface area contributed by atoms with Gasteiger partial charge < -0.3 is 10.5 Å². The first-order valence-corrected chi connectivity index (χ1v) is 5.17. The van der Waals surface area contributed by atoms with Crippen molar-refractivity contribution < 1.29 is 4.74 Å². The molecule has 4 heteroatoms. The van der Waals surface area contributed by atoms with E-state index in [9.17, 15) is 0 Å². The van der Waals surface area contributed by atoms with E-state index in [1.165, 1.54) is 0 Å². The number of rotatable bonds is 4. The molecule has 0 saturated carbocycles. The molecule has 0 radical (unpaired) electrons. The smallest absolute Gasteiger partial charge is 0.123 e. The molecule has 78 valence electrons. The Morgan fingerprint density at radius 1 is 1.50 bits per heavy atom. The number of methoxy groups -OCH3 is 1. The van der Waals surface area contributed by atoms with Crippen LogP contribution in [0.2, 0.25) is 0 Å². The van der Waals surface area contributed by atoms with Crippen LogP contribution < -0.4 is 10.5 Å². The fourth-order valence-electron chi connectivity index (χ4n) is 1.23. The van der Waals surface area contributed by atoms with Crippen molar-refractivity contribution in [3.63, 3.8) is 0 Å². The summed E-state index contributed by atoms with van der Waals surface area (Å²) >= 11 is 3.43. The molecule has 14 heavy (non-hydrogen) atoms. The molecule has 0 aromatic heterocycles. The molecule has 0 aliphatic heterocycles. The maximum atomic E-state index is 5.52. The van der Waals surface area contributed by atoms with Crippen LogP contribution in [0, 0.1) is 0 Å². The van der Waals surface area contributed by atoms with Crippen molar-refractivity contribution in [2.24, 2.45) is 5.73 Å². The standard InChI is InChI=1S/C10H15BrN2O/c1-13(7-12)6-8-5-9(11)3-4-10(8)14-2/h3-5H,6-7,12H2,1-2H3. The Labute approximate surface area is 93.0 Å². The van der Waals surface area contributed by atoms with Crippen LogP contribution in [-0.2, 0) is 6.54 Å². The average molecular weight is 259 g/mol. The lowest BCUT2D eigenvalue weighted by atomic mass is 10.2. The second-order valence-corrected chi connectivity index (χ2v) is 4.07. The molecule has 0 amide bonds. The molecular formula is C10H15BrN2O. The number of halogens is 1. The minimum atomic E-state index is 0.537. The highest BCUT2D eigenvalue weighted by Gasteiger charge is 2.05. The van der Waals surface area contributed by atoms with E-state index in [1.54, 1.807) is 7.11 Å². The molecule has 0 bridgehead atoms. The van der Waals surface area contributed by atoms with E-state index >= 15 is 0 Å². The summed E-state index contributed by atoms with van der Waals surface area (Å²) in [5.74, 6) is 0.897. The van der Waals surface area contributed by atoms with Crippen LogP contribution in [0.25, 0.3) is 0 Å². The molecule has 0 aliphatic rings. The average Bonchev–Trinajstić information content (AvgIpc) is 2.18. The quantitative estimate of drug-likeness (QED) is 0.838. The molecular weight excluding hydrogens is 244 g/mol. The van der Waals surface area contributed by atoms with Gasteiger partial charge in [0.25, 0.3) is 0 Å². The Balaban J connectivity index is 2.87. The SMILES string of the molecule is COc1ccc(Br)cc1CN(C)CN. The first-order chi connectivity index (χ1) is 6.67. The van der Waals surface area contributed by atoms with Crippen LogP contribution in [0.15, 0.2) is 22.7 Å². The number of hydrogen-bond donors (Lipinski definition) is 1. The van der Waals surface area contributed by atoms with Crippen LogP contribution in [0.4, 0.5) is 0 Å². The summed E-state index contributed by atoms with van der Waals surface area (Å²) in [7, 11) is 3.65. The van der Waals surface area contributed by atoms with Crippen molar-refractivity contribution in [1.29, 1.82) is 0 Å². The Bertz CT molecular complexity index is 304. The number of hydrogen-bond acceptors (Lipinski definition) is 3. The van der Waals surface area contributed by atoms with E-state index in [-0.39, 0.29) is 0 Å². The molecule has 3 nitrogen and oxygen atoms in total. The van der Waals surface area contributed by atoms with Crippen LogP contribution in [0.1, 0.15) is 5.56 Å². The van der Waals surface area contributed by atoms with Gasteiger partial charge in [0.15, 0.2) is 0 Å². The maximum absolute atomic E-state index is 5.52. The van der Waals surface area contributed by atoms with E-state index in [2.05, 4.69) is 15.9 Å². The van der Waals surface area contributed by atoms with E-state index in [0.29, 0.717) is 6.67 Å². The third-order valence-electron chi connectivity index (χ3n) is 1.99. The van der Waals surface area contributed by atoms with Gasteiger partial charge in [-0.1, -0.05) is 15.9 Å². The predicted octanol–water partition coefficient (Wildman–Crippen LogP) is 1.81. The molecule has 0 atom stereocenters. The second-order valence-electron chi connectivity index (χ2n) is 3.15. The van der Waals surface area contributed by atoms with E-state index < -0.39 is 0 Å². The fraction of sp³-hybridized carbons (Fsp3) is 0.400. The number of nitrogens with two attached hydrogens (primary N) is 1. The lowest BCUT2D eigenvalue weighted by Gasteiger charge is -2.16. The Morgan fingerprint density at radius 3 is 2.79 bits per heavy atom. The zero-order chi connectivity index (χ0) is 10.6. The highest BCUT2D eigenvalue weighted by Crippen LogP contribution is 2.23. The third-order valence-corrected chi connectivity index (χ3v) is 2.49. The molecule has 0 heterocycles. The number of ether oxygens (including phenoxy) is 1. The Morgan fingerprint density at radius 2 is 2.21 bits per heavy atom. The Kier molecular flexibility index (Phi) is 4.38. The zero-order valence-electron chi connectivity index (χ0n) is 8.46. The van der Waals surface area contributed by atoms with E-state index in [0.717, 1.165) is 22.3 Å². The first-order valence-electron chi connectivity index (χ1n) is 4.38. The molecule has 0 fully saturated rings. The van der Waals surface area contributed by atoms with Crippen LogP contribution >= 0.6 is 15.9 Å². The topological polar surface area (TPSA) is 38.5 Å². The summed E-state index contributed by atoms with van der Waals surface area (Å²) in [6, 6.07) is 5.96. The van der Waals surface area contributed by atoms with Gasteiger partial charge in [-0.2, -0.15) is 0 Å². The van der Waals surface area contributed by atoms with Gasteiger partial charge in [-0.05, 0) is 25.2 Å². The molecule has 0 saturated heterocycles. The Hall–Kier alpha value is -0.580. The molecule has 0 unspecified atom stereocenters. The lowest BCUT2D eigenvalue weighted by Crippen LogP contribution is -2.25. The number of benzene rings is 1. The minimum Gasteiger partial charge on any atom is -0.496 e. The van der Waals surface area contributed by atoms with Crippen molar-refractivity contribution in [2.75, 3.05) is 20.8 Å². The highest BCUT2D eigenvalue weighted by atomic mass is 79.9. The van der Waals surface area contributed by atoms with Crippen LogP contribution in [-0.4, -0.2) is 25.7 Å². The highest BCUT2D eigenvalue weighted by molar-refractivity contribution is 9.10. The van der Waals surface area contributed by atoms with Crippen molar-refractivity contribution in [3.05, 3.63) is 28.2 Å². The van der Waals surface area contributed by atoms with Crippen LogP contribution in [0.3, 0.4) is 0 Å². The molecule has 2 N–H and O–H groups in total. The van der Waals surface area contributed by atoms with E-state index in [4.69, 9.17) is 10.5 Å². The molecule has 1 aromatic carbocycles. The first kappa shape index (κ1) is 11.5. The van der Waals surface area contributed by atoms with E-state index in [1.807, 2.05) is 30.1 Å². The van der Waals surface area contributed by atoms with Gasteiger partial charge in [0.2, 0.25) is 0 Å². The summed E-state index contributed by atoms with van der Waals surface area (Å²) in [6.45, 7) is 1.33.